The summed E-state index contributed by atoms with van der Waals surface area (Å²) in [4.78, 5) is 24.1. The lowest BCUT2D eigenvalue weighted by Gasteiger charge is -2.18. The number of carbonyl (C=O) groups is 1. The maximum atomic E-state index is 12.1. The van der Waals surface area contributed by atoms with Crippen molar-refractivity contribution >= 4 is 22.5 Å². The molecule has 0 saturated carbocycles. The van der Waals surface area contributed by atoms with Crippen LogP contribution in [0, 0.1) is 5.92 Å². The summed E-state index contributed by atoms with van der Waals surface area (Å²) in [6, 6.07) is 8.98. The number of carboxylic acids is 1. The third-order valence-corrected chi connectivity index (χ3v) is 5.01. The van der Waals surface area contributed by atoms with E-state index in [1.54, 1.807) is 12.1 Å². The third-order valence-electron chi connectivity index (χ3n) is 5.01. The summed E-state index contributed by atoms with van der Waals surface area (Å²) in [7, 11) is 0. The molecular weight excluding hydrogens is 382 g/mol. The van der Waals surface area contributed by atoms with Crippen LogP contribution in [0.25, 0.3) is 27.9 Å². The van der Waals surface area contributed by atoms with Crippen molar-refractivity contribution in [3.63, 3.8) is 0 Å². The molecule has 154 valence electrons. The van der Waals surface area contributed by atoms with Crippen LogP contribution in [0.4, 0.5) is 0 Å². The standard InChI is InChI=1S/C24H23NO5/c1-13(2)14(3)10-20(17(8-9-25)24(28)29)23-18-6-4-15(26)11-21(18)30-22-12-16(27)5-7-19(22)23/h4-13,26H,25H2,1-3H3,(H,28,29)/b9-8-,14-10+,20-17-. The number of aliphatic carboxylic acids is 1. The van der Waals surface area contributed by atoms with Crippen LogP contribution in [0.1, 0.15) is 26.3 Å². The van der Waals surface area contributed by atoms with Gasteiger partial charge in [0.15, 0.2) is 5.43 Å². The molecule has 4 N–H and O–H groups in total. The van der Waals surface area contributed by atoms with E-state index in [-0.39, 0.29) is 22.7 Å². The van der Waals surface area contributed by atoms with Crippen LogP contribution in [-0.4, -0.2) is 16.2 Å². The van der Waals surface area contributed by atoms with E-state index in [2.05, 4.69) is 0 Å². The maximum absolute atomic E-state index is 12.1. The zero-order chi connectivity index (χ0) is 22.0. The Hall–Kier alpha value is -3.80. The molecule has 0 atom stereocenters. The fourth-order valence-corrected chi connectivity index (χ4v) is 3.20. The molecule has 6 nitrogen and oxygen atoms in total. The van der Waals surface area contributed by atoms with Gasteiger partial charge in [0, 0.05) is 28.6 Å². The van der Waals surface area contributed by atoms with Gasteiger partial charge in [-0.1, -0.05) is 25.5 Å². The second-order valence-electron chi connectivity index (χ2n) is 7.35. The van der Waals surface area contributed by atoms with Gasteiger partial charge in [0.1, 0.15) is 17.1 Å². The first-order valence-electron chi connectivity index (χ1n) is 9.47. The monoisotopic (exact) mass is 405 g/mol. The fraction of sp³-hybridized carbons (Fsp3) is 0.167. The van der Waals surface area contributed by atoms with Gasteiger partial charge in [-0.25, -0.2) is 4.79 Å². The minimum absolute atomic E-state index is 0.00503. The van der Waals surface area contributed by atoms with E-state index in [4.69, 9.17) is 10.2 Å². The summed E-state index contributed by atoms with van der Waals surface area (Å²) in [5.41, 5.74) is 8.22. The minimum atomic E-state index is -1.14. The first-order chi connectivity index (χ1) is 14.2. The topological polar surface area (TPSA) is 114 Å². The summed E-state index contributed by atoms with van der Waals surface area (Å²) in [5.74, 6) is -0.666. The van der Waals surface area contributed by atoms with Crippen LogP contribution in [-0.2, 0) is 4.79 Å². The number of carboxylic acid groups (broad SMARTS) is 1. The predicted octanol–water partition coefficient (Wildman–Crippen LogP) is 4.52. The van der Waals surface area contributed by atoms with E-state index in [0.717, 1.165) is 5.57 Å². The second kappa shape index (κ2) is 8.29. The van der Waals surface area contributed by atoms with E-state index in [1.165, 1.54) is 36.5 Å². The molecule has 0 radical (unpaired) electrons. The average Bonchev–Trinajstić information content (AvgIpc) is 2.68. The molecule has 6 heteroatoms. The van der Waals surface area contributed by atoms with Crippen LogP contribution < -0.4 is 11.2 Å². The first kappa shape index (κ1) is 20.9. The molecule has 0 bridgehead atoms. The van der Waals surface area contributed by atoms with Crippen molar-refractivity contribution in [1.82, 2.24) is 0 Å². The van der Waals surface area contributed by atoms with Crippen molar-refractivity contribution in [3.05, 3.63) is 81.7 Å². The van der Waals surface area contributed by atoms with Crippen LogP contribution >= 0.6 is 0 Å². The largest absolute Gasteiger partial charge is 0.508 e. The van der Waals surface area contributed by atoms with Gasteiger partial charge < -0.3 is 20.4 Å². The van der Waals surface area contributed by atoms with Gasteiger partial charge in [-0.15, -0.1) is 0 Å². The molecule has 0 saturated heterocycles. The Labute approximate surface area is 173 Å². The first-order valence-corrected chi connectivity index (χ1v) is 9.47. The van der Waals surface area contributed by atoms with Crippen molar-refractivity contribution in [3.8, 4) is 17.1 Å². The summed E-state index contributed by atoms with van der Waals surface area (Å²) in [6.45, 7) is 5.96. The van der Waals surface area contributed by atoms with Crippen molar-refractivity contribution < 1.29 is 19.4 Å². The number of aromatic hydroxyl groups is 1. The fourth-order valence-electron chi connectivity index (χ4n) is 3.20. The third kappa shape index (κ3) is 3.98. The molecular formula is C24H23NO5. The highest BCUT2D eigenvalue weighted by molar-refractivity contribution is 6.09. The second-order valence-corrected chi connectivity index (χ2v) is 7.35. The Morgan fingerprint density at radius 1 is 1.17 bits per heavy atom. The van der Waals surface area contributed by atoms with Gasteiger partial charge in [-0.2, -0.15) is 0 Å². The summed E-state index contributed by atoms with van der Waals surface area (Å²) < 4.78 is 5.86. The number of nitrogens with two attached hydrogens (primary N) is 1. The number of hydrogen-bond donors (Lipinski definition) is 3. The molecule has 1 heterocycles. The molecule has 0 fully saturated rings. The van der Waals surface area contributed by atoms with E-state index in [1.807, 2.05) is 26.8 Å². The highest BCUT2D eigenvalue weighted by Gasteiger charge is 2.22. The molecule has 1 aromatic rings. The van der Waals surface area contributed by atoms with Crippen molar-refractivity contribution in [2.24, 2.45) is 11.7 Å². The molecule has 1 aromatic carbocycles. The highest BCUT2D eigenvalue weighted by Crippen LogP contribution is 2.40. The van der Waals surface area contributed by atoms with Gasteiger partial charge in [-0.05, 0) is 55.0 Å². The molecule has 2 aliphatic rings. The minimum Gasteiger partial charge on any atom is -0.508 e. The highest BCUT2D eigenvalue weighted by atomic mass is 16.4. The summed E-state index contributed by atoms with van der Waals surface area (Å²) in [6.07, 6.45) is 4.34. The Morgan fingerprint density at radius 2 is 1.90 bits per heavy atom. The molecule has 3 rings (SSSR count). The zero-order valence-electron chi connectivity index (χ0n) is 17.0. The van der Waals surface area contributed by atoms with Crippen LogP contribution in [0.2, 0.25) is 0 Å². The smallest absolute Gasteiger partial charge is 0.336 e. The number of phenolic OH excluding ortho intramolecular Hbond substituents is 1. The zero-order valence-corrected chi connectivity index (χ0v) is 17.0. The quantitative estimate of drug-likeness (QED) is 0.327. The molecule has 0 amide bonds. The lowest BCUT2D eigenvalue weighted by Crippen LogP contribution is -2.06. The number of benzene rings is 2. The van der Waals surface area contributed by atoms with E-state index in [9.17, 15) is 19.8 Å². The van der Waals surface area contributed by atoms with Gasteiger partial charge in [0.25, 0.3) is 0 Å². The lowest BCUT2D eigenvalue weighted by atomic mass is 9.88. The number of hydrogen-bond acceptors (Lipinski definition) is 5. The molecule has 0 spiro atoms. The van der Waals surface area contributed by atoms with Gasteiger partial charge in [-0.3, -0.25) is 4.79 Å². The molecule has 1 aliphatic heterocycles. The Bertz CT molecular complexity index is 1240. The van der Waals surface area contributed by atoms with Crippen LogP contribution in [0.15, 0.2) is 75.1 Å². The average molecular weight is 405 g/mol. The summed E-state index contributed by atoms with van der Waals surface area (Å²) in [5, 5.41) is 20.4. The Balaban J connectivity index is 2.59. The van der Waals surface area contributed by atoms with Crippen LogP contribution in [0.3, 0.4) is 0 Å². The molecule has 1 aliphatic carbocycles. The van der Waals surface area contributed by atoms with Gasteiger partial charge in [0.05, 0.1) is 5.57 Å². The molecule has 30 heavy (non-hydrogen) atoms. The summed E-state index contributed by atoms with van der Waals surface area (Å²) >= 11 is 0. The molecule has 0 unspecified atom stereocenters. The lowest BCUT2D eigenvalue weighted by molar-refractivity contribution is -0.132. The predicted molar refractivity (Wildman–Crippen MR) is 117 cm³/mol. The van der Waals surface area contributed by atoms with Crippen molar-refractivity contribution in [2.75, 3.05) is 0 Å². The normalized spacial score (nSPS) is 13.4. The van der Waals surface area contributed by atoms with E-state index in [0.29, 0.717) is 33.4 Å². The Morgan fingerprint density at radius 3 is 2.53 bits per heavy atom. The number of fused-ring (bicyclic) bond motifs is 2. The Kier molecular flexibility index (Phi) is 5.78. The van der Waals surface area contributed by atoms with E-state index < -0.39 is 5.97 Å². The van der Waals surface area contributed by atoms with Gasteiger partial charge in [0.2, 0.25) is 0 Å². The number of rotatable bonds is 5. The van der Waals surface area contributed by atoms with Crippen molar-refractivity contribution in [1.29, 1.82) is 0 Å². The maximum Gasteiger partial charge on any atom is 0.336 e. The molecule has 0 aromatic heterocycles. The van der Waals surface area contributed by atoms with Gasteiger partial charge >= 0.3 is 5.97 Å². The van der Waals surface area contributed by atoms with Crippen LogP contribution in [0.5, 0.6) is 5.75 Å². The van der Waals surface area contributed by atoms with Crippen molar-refractivity contribution in [2.45, 2.75) is 20.8 Å². The number of allylic oxidation sites excluding steroid dienone is 3. The van der Waals surface area contributed by atoms with E-state index >= 15 is 0 Å². The SMILES string of the molecule is C\C(=C/C(=C(\C=C/N)C(=O)O)c1c2ccc(=O)cc-2oc2cc(O)ccc12)C(C)C. The number of phenols is 1.